The first-order valence-electron chi connectivity index (χ1n) is 7.56. The van der Waals surface area contributed by atoms with Crippen molar-refractivity contribution < 1.29 is 33.9 Å². The highest BCUT2D eigenvalue weighted by atomic mass is 35.5. The number of amides is 1. The van der Waals surface area contributed by atoms with E-state index in [2.05, 4.69) is 10.1 Å². The maximum Gasteiger partial charge on any atom is 0.348 e. The molecule has 2 rings (SSSR count). The summed E-state index contributed by atoms with van der Waals surface area (Å²) in [5.41, 5.74) is 0.0315. The van der Waals surface area contributed by atoms with Gasteiger partial charge in [-0.25, -0.2) is 4.79 Å². The number of ether oxygens (including phenoxy) is 2. The fraction of sp³-hybridized carbons (Fsp3) is 0.400. The average Bonchev–Trinajstić information content (AvgIpc) is 2.61. The Labute approximate surface area is 162 Å². The molecule has 2 N–H and O–H groups in total. The zero-order valence-electron chi connectivity index (χ0n) is 13.5. The first-order valence-corrected chi connectivity index (χ1v) is 8.43. The van der Waals surface area contributed by atoms with Crippen LogP contribution in [0.15, 0.2) is 24.3 Å². The van der Waals surface area contributed by atoms with Gasteiger partial charge in [0.1, 0.15) is 12.7 Å². The minimum absolute atomic E-state index is 0.119. The average molecular weight is 421 g/mol. The zero-order valence-corrected chi connectivity index (χ0v) is 15.1. The number of hydrogen-bond acceptors (Lipinski definition) is 8. The molecule has 10 nitrogen and oxygen atoms in total. The van der Waals surface area contributed by atoms with E-state index >= 15 is 0 Å². The number of alkyl halides is 2. The summed E-state index contributed by atoms with van der Waals surface area (Å²) in [6.45, 7) is -0.475. The molecule has 146 valence electrons. The summed E-state index contributed by atoms with van der Waals surface area (Å²) in [5, 5.41) is 23.5. The highest BCUT2D eigenvalue weighted by molar-refractivity contribution is 6.53. The van der Waals surface area contributed by atoms with Crippen LogP contribution in [0.25, 0.3) is 0 Å². The van der Waals surface area contributed by atoms with E-state index in [0.717, 1.165) is 0 Å². The lowest BCUT2D eigenvalue weighted by atomic mass is 10.0. The molecule has 1 aromatic carbocycles. The molecule has 0 unspecified atom stereocenters. The Kier molecular flexibility index (Phi) is 6.94. The van der Waals surface area contributed by atoms with Crippen LogP contribution in [-0.2, 0) is 23.9 Å². The molecule has 1 fully saturated rings. The summed E-state index contributed by atoms with van der Waals surface area (Å²) in [4.78, 5) is 42.9. The molecular formula is C15H14Cl2N2O8. The summed E-state index contributed by atoms with van der Waals surface area (Å²) in [6.07, 6.45) is -2.54. The van der Waals surface area contributed by atoms with Crippen LogP contribution < -0.4 is 5.32 Å². The van der Waals surface area contributed by atoms with E-state index in [1.54, 1.807) is 0 Å². The molecule has 1 aliphatic rings. The maximum atomic E-state index is 11.8. The highest BCUT2D eigenvalue weighted by Gasteiger charge is 2.37. The monoisotopic (exact) mass is 420 g/mol. The van der Waals surface area contributed by atoms with E-state index in [9.17, 15) is 29.6 Å². The summed E-state index contributed by atoms with van der Waals surface area (Å²) < 4.78 is 9.52. The highest BCUT2D eigenvalue weighted by Crippen LogP contribution is 2.22. The molecule has 0 radical (unpaired) electrons. The van der Waals surface area contributed by atoms with Gasteiger partial charge in [0.15, 0.2) is 4.84 Å². The molecule has 1 aliphatic heterocycles. The van der Waals surface area contributed by atoms with E-state index in [1.807, 2.05) is 0 Å². The Hall–Kier alpha value is -2.43. The zero-order chi connectivity index (χ0) is 20.1. The first-order chi connectivity index (χ1) is 12.7. The minimum Gasteiger partial charge on any atom is -0.461 e. The molecule has 3 atom stereocenters. The minimum atomic E-state index is -1.43. The second kappa shape index (κ2) is 8.98. The van der Waals surface area contributed by atoms with E-state index in [4.69, 9.17) is 27.9 Å². The molecule has 0 bridgehead atoms. The van der Waals surface area contributed by atoms with E-state index < -0.39 is 52.5 Å². The molecule has 1 heterocycles. The third-order valence-electron chi connectivity index (χ3n) is 3.65. The number of benzene rings is 1. The number of aliphatic hydroxyl groups excluding tert-OH is 1. The molecular weight excluding hydrogens is 407 g/mol. The Balaban J connectivity index is 2.07. The van der Waals surface area contributed by atoms with Crippen LogP contribution in [0.1, 0.15) is 18.1 Å². The number of nitrogens with one attached hydrogen (secondary N) is 1. The van der Waals surface area contributed by atoms with Gasteiger partial charge >= 0.3 is 11.9 Å². The van der Waals surface area contributed by atoms with Crippen molar-refractivity contribution in [1.29, 1.82) is 0 Å². The number of halogens is 2. The van der Waals surface area contributed by atoms with Crippen molar-refractivity contribution in [3.8, 4) is 0 Å². The molecule has 1 amide bonds. The molecule has 0 aliphatic carbocycles. The van der Waals surface area contributed by atoms with Crippen LogP contribution in [0.4, 0.5) is 5.69 Å². The fourth-order valence-electron chi connectivity index (χ4n) is 2.18. The number of hydrogen-bond donors (Lipinski definition) is 2. The Morgan fingerprint density at radius 3 is 2.44 bits per heavy atom. The molecule has 0 aromatic heterocycles. The van der Waals surface area contributed by atoms with Gasteiger partial charge in [-0.15, -0.1) is 0 Å². The largest absolute Gasteiger partial charge is 0.461 e. The Bertz CT molecular complexity index is 732. The number of rotatable bonds is 8. The lowest BCUT2D eigenvalue weighted by molar-refractivity contribution is -0.384. The number of esters is 2. The number of carbonyl (C=O) groups excluding carboxylic acids is 3. The predicted molar refractivity (Wildman–Crippen MR) is 90.9 cm³/mol. The van der Waals surface area contributed by atoms with Gasteiger partial charge in [-0.3, -0.25) is 19.7 Å². The van der Waals surface area contributed by atoms with Gasteiger partial charge in [-0.05, 0) is 17.7 Å². The van der Waals surface area contributed by atoms with Gasteiger partial charge in [0.25, 0.3) is 11.6 Å². The summed E-state index contributed by atoms with van der Waals surface area (Å²) in [5.74, 6) is -2.21. The SMILES string of the molecule is O=C1C[C@@H](C(=O)OC[C@@H](NC(=O)C(Cl)Cl)[C@H](O)c2ccc([N+](=O)[O-])cc2)O1. The van der Waals surface area contributed by atoms with E-state index in [0.29, 0.717) is 0 Å². The van der Waals surface area contributed by atoms with Crippen LogP contribution in [0.2, 0.25) is 0 Å². The van der Waals surface area contributed by atoms with Crippen molar-refractivity contribution in [3.05, 3.63) is 39.9 Å². The van der Waals surface area contributed by atoms with Crippen molar-refractivity contribution in [2.75, 3.05) is 6.61 Å². The summed E-state index contributed by atoms with van der Waals surface area (Å²) in [6, 6.07) is 3.76. The molecule has 0 saturated carbocycles. The van der Waals surface area contributed by atoms with Gasteiger partial charge in [-0.2, -0.15) is 0 Å². The number of nitro groups is 1. The van der Waals surface area contributed by atoms with Crippen LogP contribution in [0, 0.1) is 10.1 Å². The van der Waals surface area contributed by atoms with Crippen LogP contribution in [-0.4, -0.2) is 51.5 Å². The maximum absolute atomic E-state index is 11.8. The standard InChI is InChI=1S/C15H14Cl2N2O8/c16-13(17)14(22)18-9(6-26-15(23)10-5-11(20)27-10)12(21)7-1-3-8(4-2-7)19(24)25/h1-4,9-10,12-13,21H,5-6H2,(H,18,22)/t9-,10+,12-/m1/s1. The number of non-ortho nitro benzene ring substituents is 1. The molecule has 0 spiro atoms. The van der Waals surface area contributed by atoms with Gasteiger partial charge in [0.05, 0.1) is 17.4 Å². The number of carbonyl (C=O) groups is 3. The Morgan fingerprint density at radius 2 is 1.96 bits per heavy atom. The lowest BCUT2D eigenvalue weighted by Crippen LogP contribution is -2.47. The van der Waals surface area contributed by atoms with E-state index in [-0.39, 0.29) is 17.7 Å². The predicted octanol–water partition coefficient (Wildman–Crippen LogP) is 0.775. The topological polar surface area (TPSA) is 145 Å². The van der Waals surface area contributed by atoms with Gasteiger partial charge < -0.3 is 19.9 Å². The van der Waals surface area contributed by atoms with Crippen molar-refractivity contribution in [2.45, 2.75) is 29.5 Å². The van der Waals surface area contributed by atoms with Crippen molar-refractivity contribution in [1.82, 2.24) is 5.32 Å². The Morgan fingerprint density at radius 1 is 1.37 bits per heavy atom. The van der Waals surface area contributed by atoms with Crippen LogP contribution in [0.3, 0.4) is 0 Å². The van der Waals surface area contributed by atoms with Gasteiger partial charge in [-0.1, -0.05) is 23.2 Å². The third kappa shape index (κ3) is 5.52. The molecule has 27 heavy (non-hydrogen) atoms. The van der Waals surface area contributed by atoms with Crippen molar-refractivity contribution in [2.24, 2.45) is 0 Å². The summed E-state index contributed by atoms with van der Waals surface area (Å²) >= 11 is 10.9. The normalized spacial score (nSPS) is 18.1. The number of aliphatic hydroxyl groups is 1. The fourth-order valence-corrected chi connectivity index (χ4v) is 2.31. The van der Waals surface area contributed by atoms with Crippen LogP contribution in [0.5, 0.6) is 0 Å². The number of nitrogens with zero attached hydrogens (tertiary/aromatic N) is 1. The van der Waals surface area contributed by atoms with Crippen molar-refractivity contribution in [3.63, 3.8) is 0 Å². The number of nitro benzene ring substituents is 1. The van der Waals surface area contributed by atoms with Crippen molar-refractivity contribution >= 4 is 46.7 Å². The van der Waals surface area contributed by atoms with Gasteiger partial charge in [0.2, 0.25) is 6.10 Å². The molecule has 12 heteroatoms. The summed E-state index contributed by atoms with van der Waals surface area (Å²) in [7, 11) is 0. The molecule has 1 saturated heterocycles. The second-order valence-corrected chi connectivity index (χ2v) is 6.62. The lowest BCUT2D eigenvalue weighted by Gasteiger charge is -2.27. The number of cyclic esters (lactones) is 1. The second-order valence-electron chi connectivity index (χ2n) is 5.52. The van der Waals surface area contributed by atoms with Crippen LogP contribution >= 0.6 is 23.2 Å². The van der Waals surface area contributed by atoms with Gasteiger partial charge in [0, 0.05) is 12.1 Å². The first kappa shape index (κ1) is 20.9. The molecule has 1 aromatic rings. The third-order valence-corrected chi connectivity index (χ3v) is 4.04. The smallest absolute Gasteiger partial charge is 0.348 e. The quantitative estimate of drug-likeness (QED) is 0.271. The van der Waals surface area contributed by atoms with E-state index in [1.165, 1.54) is 24.3 Å².